The minimum absolute atomic E-state index is 0.299. The van der Waals surface area contributed by atoms with Crippen LogP contribution < -0.4 is 9.80 Å². The predicted molar refractivity (Wildman–Crippen MR) is 233 cm³/mol. The lowest BCUT2D eigenvalue weighted by Gasteiger charge is -2.29. The maximum Gasteiger partial charge on any atom is 0.241 e. The number of rotatable bonds is 6. The van der Waals surface area contributed by atoms with E-state index in [9.17, 15) is 29.7 Å². The van der Waals surface area contributed by atoms with Crippen molar-refractivity contribution >= 4 is 81.4 Å². The van der Waals surface area contributed by atoms with Gasteiger partial charge in [0, 0.05) is 55.7 Å². The van der Waals surface area contributed by atoms with Gasteiger partial charge in [0.1, 0.15) is 0 Å². The molecule has 6 atom stereocenters. The number of carbonyl (C=O) groups is 4. The van der Waals surface area contributed by atoms with E-state index in [-0.39, 0.29) is 23.6 Å². The molecule has 10 nitrogen and oxygen atoms in total. The second-order valence-electron chi connectivity index (χ2n) is 15.9. The van der Waals surface area contributed by atoms with Crippen LogP contribution in [0.1, 0.15) is 47.2 Å². The van der Waals surface area contributed by atoms with Crippen LogP contribution in [0, 0.1) is 45.3 Å². The zero-order chi connectivity index (χ0) is 43.9. The molecule has 4 aromatic carbocycles. The fourth-order valence-corrected chi connectivity index (χ4v) is 11.5. The van der Waals surface area contributed by atoms with Gasteiger partial charge in [0.05, 0.1) is 57.3 Å². The van der Waals surface area contributed by atoms with Crippen LogP contribution in [0.2, 0.25) is 20.1 Å². The predicted octanol–water partition coefficient (Wildman–Crippen LogP) is 9.51. The fraction of sp³-hybridized carbons (Fsp3) is 0.167. The molecule has 2 aliphatic heterocycles. The molecule has 0 N–H and O–H groups in total. The third-order valence-corrected chi connectivity index (χ3v) is 14.0. The number of hydrogen-bond acceptors (Lipinski definition) is 8. The molecule has 62 heavy (non-hydrogen) atoms. The molecule has 4 fully saturated rings. The van der Waals surface area contributed by atoms with Crippen molar-refractivity contribution in [2.45, 2.75) is 24.7 Å². The highest BCUT2D eigenvalue weighted by Crippen LogP contribution is 2.78. The van der Waals surface area contributed by atoms with Crippen LogP contribution >= 0.6 is 46.4 Å². The first-order valence-electron chi connectivity index (χ1n) is 19.2. The van der Waals surface area contributed by atoms with Crippen molar-refractivity contribution in [2.24, 2.45) is 22.7 Å². The van der Waals surface area contributed by atoms with Crippen LogP contribution in [-0.2, 0) is 30.0 Å². The largest absolute Gasteiger partial charge is 0.274 e. The molecular formula is C48H30Cl4N6O4. The van der Waals surface area contributed by atoms with E-state index in [4.69, 9.17) is 46.4 Å². The molecule has 2 aliphatic carbocycles. The number of nitriles is 2. The normalized spacial score (nSPS) is 26.5. The van der Waals surface area contributed by atoms with Crippen LogP contribution in [0.3, 0.4) is 0 Å². The second-order valence-corrected chi connectivity index (χ2v) is 17.7. The summed E-state index contributed by atoms with van der Waals surface area (Å²) in [4.78, 5) is 65.3. The Morgan fingerprint density at radius 3 is 1.03 bits per heavy atom. The van der Waals surface area contributed by atoms with E-state index in [2.05, 4.69) is 22.1 Å². The highest BCUT2D eigenvalue weighted by molar-refractivity contribution is 6.37. The van der Waals surface area contributed by atoms with E-state index in [1.165, 1.54) is 9.80 Å². The number of carbonyl (C=O) groups excluding carboxylic acids is 4. The van der Waals surface area contributed by atoms with E-state index in [0.717, 1.165) is 22.3 Å². The maximum atomic E-state index is 13.7. The Balaban J connectivity index is 0.000000158. The van der Waals surface area contributed by atoms with Gasteiger partial charge in [-0.15, -0.1) is 0 Å². The van der Waals surface area contributed by atoms with Crippen molar-refractivity contribution in [1.82, 2.24) is 9.97 Å². The number of anilines is 2. The number of fused-ring (bicyclic) bond motifs is 2. The quantitative estimate of drug-likeness (QED) is 0.150. The number of imide groups is 2. The molecule has 14 heteroatoms. The highest BCUT2D eigenvalue weighted by atomic mass is 35.5. The summed E-state index contributed by atoms with van der Waals surface area (Å²) in [6.07, 6.45) is 6.62. The molecule has 0 unspecified atom stereocenters. The highest BCUT2D eigenvalue weighted by Gasteiger charge is 2.88. The van der Waals surface area contributed by atoms with E-state index in [1.54, 1.807) is 85.5 Å². The molecule has 0 bridgehead atoms. The lowest BCUT2D eigenvalue weighted by Crippen LogP contribution is -2.42. The van der Waals surface area contributed by atoms with Gasteiger partial charge < -0.3 is 0 Å². The average molecular weight is 897 g/mol. The first-order chi connectivity index (χ1) is 29.7. The molecular weight excluding hydrogens is 866 g/mol. The summed E-state index contributed by atoms with van der Waals surface area (Å²) in [6, 6.07) is 35.0. The molecule has 4 amide bonds. The molecule has 10 rings (SSSR count). The van der Waals surface area contributed by atoms with Crippen LogP contribution in [0.15, 0.2) is 134 Å². The van der Waals surface area contributed by atoms with Crippen molar-refractivity contribution in [1.29, 1.82) is 10.5 Å². The number of halogens is 4. The molecule has 0 radical (unpaired) electrons. The summed E-state index contributed by atoms with van der Waals surface area (Å²) in [7, 11) is 0. The molecule has 2 saturated carbocycles. The molecule has 304 valence electrons. The number of nitrogens with zero attached hydrogens (tertiary/aromatic N) is 6. The Morgan fingerprint density at radius 1 is 0.484 bits per heavy atom. The van der Waals surface area contributed by atoms with Crippen LogP contribution in [0.25, 0.3) is 0 Å². The standard InChI is InChI=1S/2C24H15Cl2N3O2/c2*1-23-20(21(30)29(22(23)31)19-11-17(25)10-18(26)12-19)24(23,16-6-8-28-9-7-16)15-4-2-14(13-27)3-5-15/h2*2-12,20H,1H3/t20-,23-,24+;20-,23-,24-/m11/s1. The van der Waals surface area contributed by atoms with Crippen molar-refractivity contribution in [2.75, 3.05) is 9.80 Å². The van der Waals surface area contributed by atoms with Gasteiger partial charge in [-0.3, -0.25) is 29.1 Å². The van der Waals surface area contributed by atoms with Gasteiger partial charge in [-0.25, -0.2) is 9.80 Å². The number of amides is 4. The monoisotopic (exact) mass is 894 g/mol. The minimum Gasteiger partial charge on any atom is -0.274 e. The molecule has 4 aliphatic rings. The third-order valence-electron chi connectivity index (χ3n) is 13.1. The third kappa shape index (κ3) is 5.54. The molecule has 6 aromatic rings. The summed E-state index contributed by atoms with van der Waals surface area (Å²) in [5, 5.41) is 19.7. The Morgan fingerprint density at radius 2 is 0.774 bits per heavy atom. The van der Waals surface area contributed by atoms with Gasteiger partial charge in [0.15, 0.2) is 0 Å². The summed E-state index contributed by atoms with van der Waals surface area (Å²) in [5.74, 6) is -2.40. The summed E-state index contributed by atoms with van der Waals surface area (Å²) >= 11 is 24.5. The number of pyridine rings is 2. The molecule has 0 spiro atoms. The Hall–Kier alpha value is -6.40. The number of piperidine rings is 2. The molecule has 2 saturated heterocycles. The second kappa shape index (κ2) is 14.6. The lowest BCUT2D eigenvalue weighted by atomic mass is 9.79. The summed E-state index contributed by atoms with van der Waals surface area (Å²) < 4.78 is 0. The van der Waals surface area contributed by atoms with Gasteiger partial charge in [-0.05, 0) is 121 Å². The van der Waals surface area contributed by atoms with Crippen LogP contribution in [0.5, 0.6) is 0 Å². The minimum atomic E-state index is -0.992. The van der Waals surface area contributed by atoms with Gasteiger partial charge in [0.2, 0.25) is 23.6 Å². The first kappa shape index (κ1) is 41.0. The van der Waals surface area contributed by atoms with Gasteiger partial charge in [-0.1, -0.05) is 70.7 Å². The zero-order valence-corrected chi connectivity index (χ0v) is 35.7. The first-order valence-corrected chi connectivity index (χ1v) is 20.7. The Bertz CT molecular complexity index is 2730. The maximum absolute atomic E-state index is 13.7. The van der Waals surface area contributed by atoms with Crippen LogP contribution in [0.4, 0.5) is 11.4 Å². The smallest absolute Gasteiger partial charge is 0.241 e. The van der Waals surface area contributed by atoms with Gasteiger partial charge in [-0.2, -0.15) is 10.5 Å². The Labute approximate surface area is 375 Å². The lowest BCUT2D eigenvalue weighted by molar-refractivity contribution is -0.127. The van der Waals surface area contributed by atoms with Crippen molar-refractivity contribution in [3.05, 3.63) is 187 Å². The van der Waals surface area contributed by atoms with Gasteiger partial charge in [0.25, 0.3) is 0 Å². The van der Waals surface area contributed by atoms with E-state index < -0.39 is 33.5 Å². The summed E-state index contributed by atoms with van der Waals surface area (Å²) in [6.45, 7) is 3.64. The molecule has 4 heterocycles. The zero-order valence-electron chi connectivity index (χ0n) is 32.7. The number of benzene rings is 4. The van der Waals surface area contributed by atoms with Crippen molar-refractivity contribution in [3.63, 3.8) is 0 Å². The SMILES string of the molecule is C[C@]12C(=O)N(c3cc(Cl)cc(Cl)c3)C(=O)[C@H]1[C@@]2(c1ccncc1)c1ccc(C#N)cc1.C[C@]12C(=O)N(c3cc(Cl)cc(Cl)c3)C(=O)[C@H]1[C@]2(c1ccncc1)c1ccc(C#N)cc1. The van der Waals surface area contributed by atoms with E-state index in [1.807, 2.05) is 62.4 Å². The Kier molecular flexibility index (Phi) is 9.66. The van der Waals surface area contributed by atoms with E-state index >= 15 is 0 Å². The average Bonchev–Trinajstić information content (AvgIpc) is 4.01. The topological polar surface area (TPSA) is 148 Å². The molecule has 2 aromatic heterocycles. The van der Waals surface area contributed by atoms with E-state index in [0.29, 0.717) is 42.6 Å². The van der Waals surface area contributed by atoms with Crippen molar-refractivity contribution in [3.8, 4) is 12.1 Å². The number of aromatic nitrogens is 2. The van der Waals surface area contributed by atoms with Gasteiger partial charge >= 0.3 is 0 Å². The summed E-state index contributed by atoms with van der Waals surface area (Å²) in [5.41, 5.74) is 1.40. The number of hydrogen-bond donors (Lipinski definition) is 0. The fourth-order valence-electron chi connectivity index (χ4n) is 10.5. The van der Waals surface area contributed by atoms with Crippen molar-refractivity contribution < 1.29 is 19.2 Å². The van der Waals surface area contributed by atoms with Crippen LogP contribution in [-0.4, -0.2) is 33.6 Å².